The van der Waals surface area contributed by atoms with E-state index in [-0.39, 0.29) is 5.78 Å². The Labute approximate surface area is 120 Å². The molecule has 0 unspecified atom stereocenters. The third-order valence-electron chi connectivity index (χ3n) is 3.08. The highest BCUT2D eigenvalue weighted by atomic mass is 35.5. The number of ketones is 1. The molecule has 1 heterocycles. The van der Waals surface area contributed by atoms with Crippen LogP contribution >= 0.6 is 23.2 Å². The summed E-state index contributed by atoms with van der Waals surface area (Å²) in [7, 11) is 0. The lowest BCUT2D eigenvalue weighted by Gasteiger charge is -2.05. The summed E-state index contributed by atoms with van der Waals surface area (Å²) in [4.78, 5) is 12.4. The average molecular weight is 293 g/mol. The molecule has 0 saturated carbocycles. The van der Waals surface area contributed by atoms with Gasteiger partial charge in [0.25, 0.3) is 0 Å². The van der Waals surface area contributed by atoms with Gasteiger partial charge in [0.15, 0.2) is 5.78 Å². The van der Waals surface area contributed by atoms with Crippen molar-refractivity contribution < 1.29 is 9.53 Å². The molecule has 3 rings (SSSR count). The number of benzene rings is 2. The van der Waals surface area contributed by atoms with Crippen molar-refractivity contribution in [1.82, 2.24) is 0 Å². The van der Waals surface area contributed by atoms with Gasteiger partial charge < -0.3 is 4.74 Å². The summed E-state index contributed by atoms with van der Waals surface area (Å²) < 4.78 is 5.42. The maximum absolute atomic E-state index is 12.4. The first kappa shape index (κ1) is 12.5. The van der Waals surface area contributed by atoms with Crippen LogP contribution in [0.25, 0.3) is 0 Å². The second-order valence-corrected chi connectivity index (χ2v) is 5.28. The summed E-state index contributed by atoms with van der Waals surface area (Å²) in [5.74, 6) is 0.778. The van der Waals surface area contributed by atoms with Crippen molar-refractivity contribution in [2.75, 3.05) is 6.61 Å². The third-order valence-corrected chi connectivity index (χ3v) is 3.51. The predicted octanol–water partition coefficient (Wildman–Crippen LogP) is 4.16. The number of carbonyl (C=O) groups is 1. The summed E-state index contributed by atoms with van der Waals surface area (Å²) in [5, 5.41) is 0.917. The molecule has 1 aliphatic heterocycles. The topological polar surface area (TPSA) is 26.3 Å². The van der Waals surface area contributed by atoms with Crippen molar-refractivity contribution in [1.29, 1.82) is 0 Å². The summed E-state index contributed by atoms with van der Waals surface area (Å²) in [6.07, 6.45) is 0.840. The molecule has 0 spiro atoms. The Morgan fingerprint density at radius 3 is 2.47 bits per heavy atom. The van der Waals surface area contributed by atoms with E-state index < -0.39 is 0 Å². The SMILES string of the molecule is O=C(c1cc(Cl)cc(Cl)c1)c1ccc2c(c1)CCO2. The van der Waals surface area contributed by atoms with Crippen LogP contribution in [0.1, 0.15) is 21.5 Å². The number of halogens is 2. The van der Waals surface area contributed by atoms with Crippen molar-refractivity contribution in [3.8, 4) is 5.75 Å². The van der Waals surface area contributed by atoms with Gasteiger partial charge in [0, 0.05) is 27.6 Å². The van der Waals surface area contributed by atoms with Crippen molar-refractivity contribution >= 4 is 29.0 Å². The van der Waals surface area contributed by atoms with Crippen LogP contribution in [0, 0.1) is 0 Å². The summed E-state index contributed by atoms with van der Waals surface area (Å²) in [6, 6.07) is 10.3. The molecule has 0 aliphatic carbocycles. The van der Waals surface area contributed by atoms with Gasteiger partial charge in [0.1, 0.15) is 5.75 Å². The zero-order valence-corrected chi connectivity index (χ0v) is 11.5. The molecule has 0 atom stereocenters. The Bertz CT molecular complexity index is 645. The number of hydrogen-bond acceptors (Lipinski definition) is 2. The minimum Gasteiger partial charge on any atom is -0.493 e. The average Bonchev–Trinajstić information content (AvgIpc) is 2.83. The highest BCUT2D eigenvalue weighted by Crippen LogP contribution is 2.27. The van der Waals surface area contributed by atoms with E-state index in [4.69, 9.17) is 27.9 Å². The van der Waals surface area contributed by atoms with Gasteiger partial charge in [0.2, 0.25) is 0 Å². The monoisotopic (exact) mass is 292 g/mol. The van der Waals surface area contributed by atoms with Crippen LogP contribution in [0.2, 0.25) is 10.0 Å². The predicted molar refractivity (Wildman–Crippen MR) is 75.5 cm³/mol. The molecule has 2 nitrogen and oxygen atoms in total. The van der Waals surface area contributed by atoms with Crippen LogP contribution in [0.5, 0.6) is 5.75 Å². The van der Waals surface area contributed by atoms with Crippen LogP contribution in [0.4, 0.5) is 0 Å². The second kappa shape index (κ2) is 4.87. The molecule has 0 aromatic heterocycles. The Morgan fingerprint density at radius 2 is 1.74 bits per heavy atom. The number of ether oxygens (including phenoxy) is 1. The van der Waals surface area contributed by atoms with Gasteiger partial charge in [-0.15, -0.1) is 0 Å². The molecule has 0 amide bonds. The molecule has 2 aromatic carbocycles. The van der Waals surface area contributed by atoms with Crippen LogP contribution in [0.15, 0.2) is 36.4 Å². The van der Waals surface area contributed by atoms with E-state index in [0.29, 0.717) is 27.8 Å². The summed E-state index contributed by atoms with van der Waals surface area (Å²) >= 11 is 11.8. The fourth-order valence-electron chi connectivity index (χ4n) is 2.18. The fraction of sp³-hybridized carbons (Fsp3) is 0.133. The Hall–Kier alpha value is -1.51. The molecular weight excluding hydrogens is 283 g/mol. The quantitative estimate of drug-likeness (QED) is 0.777. The molecule has 19 heavy (non-hydrogen) atoms. The Kier molecular flexibility index (Phi) is 3.21. The van der Waals surface area contributed by atoms with E-state index in [9.17, 15) is 4.79 Å². The van der Waals surface area contributed by atoms with Crippen LogP contribution < -0.4 is 4.74 Å². The highest BCUT2D eigenvalue weighted by molar-refractivity contribution is 6.35. The molecule has 1 aliphatic rings. The molecule has 2 aromatic rings. The van der Waals surface area contributed by atoms with E-state index in [1.54, 1.807) is 24.3 Å². The van der Waals surface area contributed by atoms with E-state index in [1.807, 2.05) is 12.1 Å². The van der Waals surface area contributed by atoms with Crippen LogP contribution in [-0.4, -0.2) is 12.4 Å². The number of carbonyl (C=O) groups excluding carboxylic acids is 1. The van der Waals surface area contributed by atoms with Crippen LogP contribution in [0.3, 0.4) is 0 Å². The number of fused-ring (bicyclic) bond motifs is 1. The first-order chi connectivity index (χ1) is 9.13. The van der Waals surface area contributed by atoms with Crippen molar-refractivity contribution in [2.24, 2.45) is 0 Å². The van der Waals surface area contributed by atoms with Gasteiger partial charge in [-0.05, 0) is 42.0 Å². The lowest BCUT2D eigenvalue weighted by atomic mass is 10.0. The molecule has 0 fully saturated rings. The number of hydrogen-bond donors (Lipinski definition) is 0. The summed E-state index contributed by atoms with van der Waals surface area (Å²) in [6.45, 7) is 0.677. The molecule has 4 heteroatoms. The third kappa shape index (κ3) is 2.46. The smallest absolute Gasteiger partial charge is 0.193 e. The van der Waals surface area contributed by atoms with E-state index >= 15 is 0 Å². The molecule has 0 radical (unpaired) electrons. The van der Waals surface area contributed by atoms with Gasteiger partial charge in [0.05, 0.1) is 6.61 Å². The normalized spacial score (nSPS) is 12.9. The largest absolute Gasteiger partial charge is 0.493 e. The lowest BCUT2D eigenvalue weighted by Crippen LogP contribution is -2.01. The first-order valence-corrected chi connectivity index (χ1v) is 6.65. The molecule has 0 saturated heterocycles. The molecular formula is C15H10Cl2O2. The van der Waals surface area contributed by atoms with Crippen LogP contribution in [-0.2, 0) is 6.42 Å². The Balaban J connectivity index is 1.99. The first-order valence-electron chi connectivity index (χ1n) is 5.90. The lowest BCUT2D eigenvalue weighted by molar-refractivity contribution is 0.103. The zero-order valence-electron chi connectivity index (χ0n) is 9.95. The highest BCUT2D eigenvalue weighted by Gasteiger charge is 2.16. The maximum Gasteiger partial charge on any atom is 0.193 e. The van der Waals surface area contributed by atoms with Gasteiger partial charge in [-0.25, -0.2) is 0 Å². The standard InChI is InChI=1S/C15H10Cl2O2/c16-12-6-11(7-13(17)8-12)15(18)10-1-2-14-9(5-10)3-4-19-14/h1-2,5-8H,3-4H2. The maximum atomic E-state index is 12.4. The van der Waals surface area contributed by atoms with Crippen molar-refractivity contribution in [3.05, 3.63) is 63.1 Å². The minimum atomic E-state index is -0.0842. The van der Waals surface area contributed by atoms with Gasteiger partial charge in [-0.3, -0.25) is 4.79 Å². The number of rotatable bonds is 2. The van der Waals surface area contributed by atoms with Gasteiger partial charge in [-0.1, -0.05) is 23.2 Å². The van der Waals surface area contributed by atoms with Crippen molar-refractivity contribution in [3.63, 3.8) is 0 Å². The van der Waals surface area contributed by atoms with Crippen molar-refractivity contribution in [2.45, 2.75) is 6.42 Å². The van der Waals surface area contributed by atoms with E-state index in [0.717, 1.165) is 17.7 Å². The second-order valence-electron chi connectivity index (χ2n) is 4.41. The fourth-order valence-corrected chi connectivity index (χ4v) is 2.71. The molecule has 0 N–H and O–H groups in total. The Morgan fingerprint density at radius 1 is 1.00 bits per heavy atom. The molecule has 0 bridgehead atoms. The molecule has 96 valence electrons. The van der Waals surface area contributed by atoms with Gasteiger partial charge >= 0.3 is 0 Å². The van der Waals surface area contributed by atoms with E-state index in [1.165, 1.54) is 0 Å². The van der Waals surface area contributed by atoms with E-state index in [2.05, 4.69) is 0 Å². The zero-order chi connectivity index (χ0) is 13.4. The van der Waals surface area contributed by atoms with Gasteiger partial charge in [-0.2, -0.15) is 0 Å². The minimum absolute atomic E-state index is 0.0842. The summed E-state index contributed by atoms with van der Waals surface area (Å²) in [5.41, 5.74) is 2.19.